The van der Waals surface area contributed by atoms with Crippen molar-refractivity contribution in [3.8, 4) is 0 Å². The van der Waals surface area contributed by atoms with Gasteiger partial charge in [0.05, 0.1) is 10.5 Å². The Kier molecular flexibility index (Phi) is 8.59. The van der Waals surface area contributed by atoms with Crippen molar-refractivity contribution in [2.45, 2.75) is 74.9 Å². The first-order chi connectivity index (χ1) is 15.5. The van der Waals surface area contributed by atoms with Gasteiger partial charge in [-0.1, -0.05) is 36.2 Å². The van der Waals surface area contributed by atoms with Crippen molar-refractivity contribution >= 4 is 10.1 Å². The predicted molar refractivity (Wildman–Crippen MR) is 123 cm³/mol. The van der Waals surface area contributed by atoms with Crippen LogP contribution >= 0.6 is 0 Å². The zero-order valence-electron chi connectivity index (χ0n) is 18.9. The van der Waals surface area contributed by atoms with Gasteiger partial charge in [-0.2, -0.15) is 21.6 Å². The first-order valence-electron chi connectivity index (χ1n) is 11.5. The monoisotopic (exact) mass is 483 g/mol. The van der Waals surface area contributed by atoms with Crippen molar-refractivity contribution in [1.82, 2.24) is 4.90 Å². The molecule has 1 heterocycles. The molecule has 2 aliphatic rings. The summed E-state index contributed by atoms with van der Waals surface area (Å²) in [7, 11) is -4.02. The third-order valence-corrected chi connectivity index (χ3v) is 7.50. The number of alkyl halides is 3. The zero-order valence-corrected chi connectivity index (χ0v) is 19.7. The van der Waals surface area contributed by atoms with E-state index in [1.807, 2.05) is 6.92 Å². The van der Waals surface area contributed by atoms with Crippen molar-refractivity contribution in [1.29, 1.82) is 0 Å². The second kappa shape index (κ2) is 11.0. The van der Waals surface area contributed by atoms with Crippen molar-refractivity contribution in [2.24, 2.45) is 0 Å². The number of hydrogen-bond donors (Lipinski definition) is 1. The lowest BCUT2D eigenvalue weighted by molar-refractivity contribution is -0.137. The van der Waals surface area contributed by atoms with Crippen molar-refractivity contribution in [2.75, 3.05) is 13.1 Å². The Morgan fingerprint density at radius 2 is 1.39 bits per heavy atom. The van der Waals surface area contributed by atoms with Crippen molar-refractivity contribution in [3.63, 3.8) is 0 Å². The highest BCUT2D eigenvalue weighted by Gasteiger charge is 2.31. The standard InChI is InChI=1S/C18H24F3N.C7H8O3S/c19-18(20,21)16-8-4-14(5-9-16)15-6-10-17(11-7-15)22-12-2-1-3-13-22;1-6-2-4-7(5-3-6)11(8,9)10/h4-5,8-9,15,17H,1-3,6-7,10-13H2;2-5H,1H3,(H,8,9,10). The minimum absolute atomic E-state index is 0.0666. The molecule has 0 spiro atoms. The molecule has 8 heteroatoms. The Morgan fingerprint density at radius 3 is 1.88 bits per heavy atom. The van der Waals surface area contributed by atoms with Gasteiger partial charge in [-0.05, 0) is 94.3 Å². The molecule has 0 atom stereocenters. The van der Waals surface area contributed by atoms with Crippen LogP contribution in [0, 0.1) is 6.92 Å². The lowest BCUT2D eigenvalue weighted by Crippen LogP contribution is -2.41. The highest BCUT2D eigenvalue weighted by molar-refractivity contribution is 7.85. The van der Waals surface area contributed by atoms with Crippen LogP contribution in [0.25, 0.3) is 0 Å². The molecule has 4 rings (SSSR count). The maximum atomic E-state index is 12.6. The molecule has 0 aromatic heterocycles. The van der Waals surface area contributed by atoms with Gasteiger partial charge in [-0.3, -0.25) is 4.55 Å². The third kappa shape index (κ3) is 7.55. The molecule has 0 unspecified atom stereocenters. The molecule has 182 valence electrons. The van der Waals surface area contributed by atoms with Gasteiger partial charge in [-0.25, -0.2) is 0 Å². The number of nitrogens with zero attached hydrogens (tertiary/aromatic N) is 1. The summed E-state index contributed by atoms with van der Waals surface area (Å²) < 4.78 is 67.4. The van der Waals surface area contributed by atoms with Crippen LogP contribution in [0.1, 0.15) is 67.6 Å². The van der Waals surface area contributed by atoms with Crippen LogP contribution in [0.3, 0.4) is 0 Å². The fourth-order valence-corrected chi connectivity index (χ4v) is 5.19. The average molecular weight is 484 g/mol. The van der Waals surface area contributed by atoms with E-state index in [1.165, 1.54) is 69.5 Å². The van der Waals surface area contributed by atoms with Gasteiger partial charge in [-0.15, -0.1) is 0 Å². The van der Waals surface area contributed by atoms with E-state index in [0.717, 1.165) is 24.0 Å². The number of hydrogen-bond acceptors (Lipinski definition) is 3. The molecule has 0 bridgehead atoms. The maximum Gasteiger partial charge on any atom is 0.416 e. The summed E-state index contributed by atoms with van der Waals surface area (Å²) >= 11 is 0. The van der Waals surface area contributed by atoms with Crippen LogP contribution in [0.4, 0.5) is 13.2 Å². The number of likely N-dealkylation sites (tertiary alicyclic amines) is 1. The zero-order chi connectivity index (χ0) is 24.1. The van der Waals surface area contributed by atoms with E-state index >= 15 is 0 Å². The molecule has 4 nitrogen and oxygen atoms in total. The highest BCUT2D eigenvalue weighted by atomic mass is 32.2. The summed E-state index contributed by atoms with van der Waals surface area (Å²) in [5.41, 5.74) is 1.49. The summed E-state index contributed by atoms with van der Waals surface area (Å²) in [6.45, 7) is 4.30. The van der Waals surface area contributed by atoms with E-state index in [0.29, 0.717) is 12.0 Å². The van der Waals surface area contributed by atoms with E-state index in [9.17, 15) is 21.6 Å². The smallest absolute Gasteiger partial charge is 0.300 e. The number of aryl methyl sites for hydroxylation is 1. The minimum Gasteiger partial charge on any atom is -0.300 e. The molecule has 1 aliphatic heterocycles. The van der Waals surface area contributed by atoms with Gasteiger partial charge in [0.25, 0.3) is 10.1 Å². The Morgan fingerprint density at radius 1 is 0.848 bits per heavy atom. The Bertz CT molecular complexity index is 975. The van der Waals surface area contributed by atoms with E-state index in [2.05, 4.69) is 4.90 Å². The topological polar surface area (TPSA) is 57.6 Å². The predicted octanol–water partition coefficient (Wildman–Crippen LogP) is 6.46. The van der Waals surface area contributed by atoms with Crippen LogP contribution < -0.4 is 0 Å². The van der Waals surface area contributed by atoms with Crippen LogP contribution in [-0.2, 0) is 16.3 Å². The SMILES string of the molecule is Cc1ccc(S(=O)(=O)O)cc1.FC(F)(F)c1ccc(C2CCC(N3CCCCC3)CC2)cc1. The molecule has 1 saturated heterocycles. The quantitative estimate of drug-likeness (QED) is 0.509. The number of halogens is 3. The van der Waals surface area contributed by atoms with Gasteiger partial charge in [0.15, 0.2) is 0 Å². The highest BCUT2D eigenvalue weighted by Crippen LogP contribution is 2.37. The molecule has 33 heavy (non-hydrogen) atoms. The van der Waals surface area contributed by atoms with Crippen LogP contribution in [-0.4, -0.2) is 37.0 Å². The lowest BCUT2D eigenvalue weighted by atomic mass is 9.80. The van der Waals surface area contributed by atoms with E-state index < -0.39 is 21.9 Å². The van der Waals surface area contributed by atoms with Crippen molar-refractivity contribution < 1.29 is 26.1 Å². The summed E-state index contributed by atoms with van der Waals surface area (Å²) in [5, 5.41) is 0. The number of rotatable bonds is 3. The summed E-state index contributed by atoms with van der Waals surface area (Å²) in [6.07, 6.45) is 4.34. The largest absolute Gasteiger partial charge is 0.416 e. The van der Waals surface area contributed by atoms with Gasteiger partial charge in [0, 0.05) is 6.04 Å². The Hall–Kier alpha value is -1.90. The second-order valence-electron chi connectivity index (χ2n) is 9.01. The maximum absolute atomic E-state index is 12.6. The normalized spacial score (nSPS) is 22.3. The third-order valence-electron chi connectivity index (χ3n) is 6.63. The average Bonchev–Trinajstić information content (AvgIpc) is 2.79. The van der Waals surface area contributed by atoms with Gasteiger partial charge < -0.3 is 4.90 Å². The molecule has 1 N–H and O–H groups in total. The van der Waals surface area contributed by atoms with E-state index in [1.54, 1.807) is 24.3 Å². The fraction of sp³-hybridized carbons (Fsp3) is 0.520. The molecular formula is C25H32F3NO3S. The lowest BCUT2D eigenvalue weighted by Gasteiger charge is -2.39. The molecule has 1 saturated carbocycles. The molecule has 2 aromatic carbocycles. The molecule has 0 amide bonds. The fourth-order valence-electron chi connectivity index (χ4n) is 4.71. The minimum atomic E-state index is -4.23. The Balaban J connectivity index is 0.000000235. The van der Waals surface area contributed by atoms with Gasteiger partial charge >= 0.3 is 6.18 Å². The van der Waals surface area contributed by atoms with Crippen LogP contribution in [0.2, 0.25) is 0 Å². The van der Waals surface area contributed by atoms with Gasteiger partial charge in [0.1, 0.15) is 0 Å². The van der Waals surface area contributed by atoms with E-state index in [-0.39, 0.29) is 4.90 Å². The molecule has 1 aliphatic carbocycles. The summed E-state index contributed by atoms with van der Waals surface area (Å²) in [6, 6.07) is 12.5. The van der Waals surface area contributed by atoms with Crippen LogP contribution in [0.5, 0.6) is 0 Å². The molecule has 0 radical (unpaired) electrons. The second-order valence-corrected chi connectivity index (χ2v) is 10.4. The van der Waals surface area contributed by atoms with E-state index in [4.69, 9.17) is 4.55 Å². The number of benzene rings is 2. The first kappa shape index (κ1) is 25.7. The van der Waals surface area contributed by atoms with Gasteiger partial charge in [0.2, 0.25) is 0 Å². The van der Waals surface area contributed by atoms with Crippen molar-refractivity contribution in [3.05, 3.63) is 65.2 Å². The first-order valence-corrected chi connectivity index (χ1v) is 12.9. The number of piperidine rings is 1. The Labute approximate surface area is 194 Å². The molecular weight excluding hydrogens is 451 g/mol. The summed E-state index contributed by atoms with van der Waals surface area (Å²) in [4.78, 5) is 2.56. The summed E-state index contributed by atoms with van der Waals surface area (Å²) in [5.74, 6) is 0.434. The molecule has 2 fully saturated rings. The van der Waals surface area contributed by atoms with Crippen LogP contribution in [0.15, 0.2) is 53.4 Å². The molecule has 2 aromatic rings.